The van der Waals surface area contributed by atoms with Crippen LogP contribution in [0.1, 0.15) is 16.7 Å². The van der Waals surface area contributed by atoms with Crippen molar-refractivity contribution in [2.24, 2.45) is 0 Å². The number of hydrogen-bond acceptors (Lipinski definition) is 2. The van der Waals surface area contributed by atoms with Gasteiger partial charge in [0.15, 0.2) is 0 Å². The SMILES string of the molecule is N#CC(=Cc1ccc(OCc2ccc(Cl)c(Cl)c2)c(Br)c1)c1ccccc1Cl. The second kappa shape index (κ2) is 9.49. The molecule has 0 atom stereocenters. The normalized spacial score (nSPS) is 11.2. The molecule has 0 N–H and O–H groups in total. The van der Waals surface area contributed by atoms with Gasteiger partial charge in [-0.1, -0.05) is 65.1 Å². The molecule has 0 aliphatic heterocycles. The maximum absolute atomic E-state index is 9.51. The molecule has 0 saturated carbocycles. The standard InChI is InChI=1S/C22H13BrCl3NO/c23-18-10-14(9-16(12-27)17-3-1-2-4-19(17)24)6-8-22(18)28-13-15-5-7-20(25)21(26)11-15/h1-11H,13H2. The molecule has 0 aromatic heterocycles. The fraction of sp³-hybridized carbons (Fsp3) is 0.0455. The van der Waals surface area contributed by atoms with Crippen LogP contribution in [0.15, 0.2) is 65.1 Å². The molecule has 0 amide bonds. The van der Waals surface area contributed by atoms with Gasteiger partial charge in [-0.3, -0.25) is 0 Å². The number of allylic oxidation sites excluding steroid dienone is 1. The molecular weight excluding hydrogens is 481 g/mol. The summed E-state index contributed by atoms with van der Waals surface area (Å²) in [7, 11) is 0. The monoisotopic (exact) mass is 491 g/mol. The lowest BCUT2D eigenvalue weighted by atomic mass is 10.0. The van der Waals surface area contributed by atoms with E-state index in [9.17, 15) is 5.26 Å². The Morgan fingerprint density at radius 1 is 0.964 bits per heavy atom. The minimum absolute atomic E-state index is 0.355. The van der Waals surface area contributed by atoms with Gasteiger partial charge in [-0.05, 0) is 63.5 Å². The van der Waals surface area contributed by atoms with Gasteiger partial charge in [-0.15, -0.1) is 0 Å². The minimum atomic E-state index is 0.355. The average Bonchev–Trinajstić information content (AvgIpc) is 2.68. The second-order valence-corrected chi connectivity index (χ2v) is 7.95. The first-order chi connectivity index (χ1) is 13.5. The van der Waals surface area contributed by atoms with Gasteiger partial charge in [0.25, 0.3) is 0 Å². The van der Waals surface area contributed by atoms with E-state index in [1.807, 2.05) is 42.5 Å². The molecule has 3 aromatic carbocycles. The van der Waals surface area contributed by atoms with Gasteiger partial charge in [0.05, 0.1) is 26.2 Å². The lowest BCUT2D eigenvalue weighted by Crippen LogP contribution is -1.96. The molecule has 140 valence electrons. The summed E-state index contributed by atoms with van der Waals surface area (Å²) in [5.41, 5.74) is 2.95. The van der Waals surface area contributed by atoms with Gasteiger partial charge < -0.3 is 4.74 Å². The van der Waals surface area contributed by atoms with Crippen molar-refractivity contribution in [2.75, 3.05) is 0 Å². The summed E-state index contributed by atoms with van der Waals surface area (Å²) in [6, 6.07) is 20.5. The molecule has 0 aliphatic rings. The van der Waals surface area contributed by atoms with Gasteiger partial charge in [0, 0.05) is 10.6 Å². The zero-order valence-corrected chi connectivity index (χ0v) is 18.3. The maximum Gasteiger partial charge on any atom is 0.134 e. The first kappa shape index (κ1) is 20.8. The molecule has 0 unspecified atom stereocenters. The molecular formula is C22H13BrCl3NO. The van der Waals surface area contributed by atoms with Crippen LogP contribution in [-0.4, -0.2) is 0 Å². The third-order valence-electron chi connectivity index (χ3n) is 3.93. The average molecular weight is 494 g/mol. The fourth-order valence-corrected chi connectivity index (χ4v) is 3.60. The molecule has 28 heavy (non-hydrogen) atoms. The smallest absolute Gasteiger partial charge is 0.134 e. The quantitative estimate of drug-likeness (QED) is 0.266. The first-order valence-electron chi connectivity index (χ1n) is 8.21. The predicted octanol–water partition coefficient (Wildman–Crippen LogP) is 8.05. The highest BCUT2D eigenvalue weighted by atomic mass is 79.9. The Balaban J connectivity index is 1.79. The van der Waals surface area contributed by atoms with Crippen LogP contribution in [0.4, 0.5) is 0 Å². The zero-order valence-electron chi connectivity index (χ0n) is 14.4. The molecule has 0 spiro atoms. The lowest BCUT2D eigenvalue weighted by Gasteiger charge is -2.10. The molecule has 0 heterocycles. The summed E-state index contributed by atoms with van der Waals surface area (Å²) in [6.07, 6.45) is 1.79. The number of hydrogen-bond donors (Lipinski definition) is 0. The Bertz CT molecular complexity index is 1090. The van der Waals surface area contributed by atoms with E-state index in [-0.39, 0.29) is 0 Å². The van der Waals surface area contributed by atoms with Gasteiger partial charge >= 0.3 is 0 Å². The van der Waals surface area contributed by atoms with Gasteiger partial charge in [-0.2, -0.15) is 5.26 Å². The van der Waals surface area contributed by atoms with Crippen LogP contribution in [0.5, 0.6) is 5.75 Å². The van der Waals surface area contributed by atoms with Crippen molar-refractivity contribution >= 4 is 62.4 Å². The Hall–Kier alpha value is -1.96. The number of benzene rings is 3. The van der Waals surface area contributed by atoms with Crippen LogP contribution in [0.2, 0.25) is 15.1 Å². The van der Waals surface area contributed by atoms with E-state index in [1.54, 1.807) is 24.3 Å². The molecule has 0 saturated heterocycles. The van der Waals surface area contributed by atoms with E-state index in [2.05, 4.69) is 22.0 Å². The molecule has 2 nitrogen and oxygen atoms in total. The topological polar surface area (TPSA) is 33.0 Å². The lowest BCUT2D eigenvalue weighted by molar-refractivity contribution is 0.304. The molecule has 3 rings (SSSR count). The predicted molar refractivity (Wildman–Crippen MR) is 120 cm³/mol. The Kier molecular flexibility index (Phi) is 7.04. The van der Waals surface area contributed by atoms with Crippen LogP contribution < -0.4 is 4.74 Å². The van der Waals surface area contributed by atoms with Crippen molar-refractivity contribution in [1.82, 2.24) is 0 Å². The van der Waals surface area contributed by atoms with E-state index >= 15 is 0 Å². The number of halogens is 4. The van der Waals surface area contributed by atoms with Crippen molar-refractivity contribution < 1.29 is 4.74 Å². The number of nitrogens with zero attached hydrogens (tertiary/aromatic N) is 1. The summed E-state index contributed by atoms with van der Waals surface area (Å²) >= 11 is 21.7. The highest BCUT2D eigenvalue weighted by Gasteiger charge is 2.08. The van der Waals surface area contributed by atoms with Crippen LogP contribution in [0.3, 0.4) is 0 Å². The summed E-state index contributed by atoms with van der Waals surface area (Å²) in [6.45, 7) is 0.355. The van der Waals surface area contributed by atoms with Crippen LogP contribution in [-0.2, 0) is 6.61 Å². The molecule has 0 fully saturated rings. The molecule has 3 aromatic rings. The zero-order chi connectivity index (χ0) is 20.1. The van der Waals surface area contributed by atoms with Crippen LogP contribution in [0.25, 0.3) is 11.6 Å². The number of nitriles is 1. The van der Waals surface area contributed by atoms with Gasteiger partial charge in [0.2, 0.25) is 0 Å². The largest absolute Gasteiger partial charge is 0.488 e. The van der Waals surface area contributed by atoms with Crippen molar-refractivity contribution in [3.05, 3.63) is 96.9 Å². The third-order valence-corrected chi connectivity index (χ3v) is 5.62. The van der Waals surface area contributed by atoms with E-state index in [1.165, 1.54) is 0 Å². The van der Waals surface area contributed by atoms with E-state index in [0.29, 0.717) is 38.6 Å². The van der Waals surface area contributed by atoms with E-state index in [0.717, 1.165) is 15.6 Å². The molecule has 6 heteroatoms. The van der Waals surface area contributed by atoms with Gasteiger partial charge in [0.1, 0.15) is 12.4 Å². The second-order valence-electron chi connectivity index (χ2n) is 5.88. The van der Waals surface area contributed by atoms with Crippen molar-refractivity contribution in [3.63, 3.8) is 0 Å². The Labute approximate surface area is 187 Å². The summed E-state index contributed by atoms with van der Waals surface area (Å²) < 4.78 is 6.63. The number of rotatable bonds is 5. The van der Waals surface area contributed by atoms with E-state index < -0.39 is 0 Å². The summed E-state index contributed by atoms with van der Waals surface area (Å²) in [4.78, 5) is 0. The Morgan fingerprint density at radius 2 is 1.75 bits per heavy atom. The molecule has 0 aliphatic carbocycles. The van der Waals surface area contributed by atoms with Gasteiger partial charge in [-0.25, -0.2) is 0 Å². The maximum atomic E-state index is 9.51. The van der Waals surface area contributed by atoms with Crippen molar-refractivity contribution in [2.45, 2.75) is 6.61 Å². The highest BCUT2D eigenvalue weighted by molar-refractivity contribution is 9.10. The fourth-order valence-electron chi connectivity index (χ4n) is 2.53. The first-order valence-corrected chi connectivity index (χ1v) is 10.1. The number of ether oxygens (including phenoxy) is 1. The van der Waals surface area contributed by atoms with Crippen molar-refractivity contribution in [1.29, 1.82) is 5.26 Å². The Morgan fingerprint density at radius 3 is 2.43 bits per heavy atom. The minimum Gasteiger partial charge on any atom is -0.488 e. The summed E-state index contributed by atoms with van der Waals surface area (Å²) in [5, 5.41) is 11.0. The highest BCUT2D eigenvalue weighted by Crippen LogP contribution is 2.30. The van der Waals surface area contributed by atoms with Crippen LogP contribution >= 0.6 is 50.7 Å². The molecule has 0 radical (unpaired) electrons. The third kappa shape index (κ3) is 5.10. The summed E-state index contributed by atoms with van der Waals surface area (Å²) in [5.74, 6) is 0.680. The van der Waals surface area contributed by atoms with Crippen LogP contribution in [0, 0.1) is 11.3 Å². The van der Waals surface area contributed by atoms with E-state index in [4.69, 9.17) is 39.5 Å². The molecule has 0 bridgehead atoms. The van der Waals surface area contributed by atoms with Crippen molar-refractivity contribution in [3.8, 4) is 11.8 Å².